The molecule has 2 fully saturated rings. The number of allylic oxidation sites excluding steroid dienone is 4. The zero-order chi connectivity index (χ0) is 26.3. The van der Waals surface area contributed by atoms with Gasteiger partial charge in [-0.1, -0.05) is 64.9 Å². The highest BCUT2D eigenvalue weighted by molar-refractivity contribution is 9.11. The van der Waals surface area contributed by atoms with Gasteiger partial charge in [-0.05, 0) is 75.5 Å². The van der Waals surface area contributed by atoms with E-state index in [9.17, 15) is 14.3 Å². The van der Waals surface area contributed by atoms with Gasteiger partial charge in [0.05, 0.1) is 25.9 Å². The number of hydrogen-bond donors (Lipinski definition) is 1. The minimum absolute atomic E-state index is 0.0561. The van der Waals surface area contributed by atoms with Crippen LogP contribution in [0.4, 0.5) is 4.39 Å². The first-order valence-electron chi connectivity index (χ1n) is 13.0. The van der Waals surface area contributed by atoms with Crippen LogP contribution in [0.3, 0.4) is 0 Å². The molecule has 1 aromatic carbocycles. The number of fused-ring (bicyclic) bond motifs is 2. The second-order valence-corrected chi connectivity index (χ2v) is 11.5. The molecule has 1 heterocycles. The summed E-state index contributed by atoms with van der Waals surface area (Å²) < 4.78 is 25.5. The van der Waals surface area contributed by atoms with Crippen molar-refractivity contribution < 1.29 is 23.8 Å². The van der Waals surface area contributed by atoms with E-state index in [0.717, 1.165) is 42.1 Å². The van der Waals surface area contributed by atoms with E-state index < -0.39 is 6.10 Å². The van der Waals surface area contributed by atoms with E-state index in [-0.39, 0.29) is 41.1 Å². The van der Waals surface area contributed by atoms with Gasteiger partial charge in [-0.3, -0.25) is 4.79 Å². The Hall–Kier alpha value is -1.76. The molecule has 1 saturated heterocycles. The van der Waals surface area contributed by atoms with Crippen molar-refractivity contribution in [2.45, 2.75) is 76.9 Å². The number of carbonyl (C=O) groups excluding carboxylic acids is 1. The molecule has 6 heteroatoms. The molecule has 3 rings (SSSR count). The lowest BCUT2D eigenvalue weighted by Gasteiger charge is -2.38. The molecule has 2 aliphatic rings. The number of methoxy groups -OCH3 is 1. The number of unbranched alkanes of at least 4 members (excludes halogenated alkanes) is 1. The van der Waals surface area contributed by atoms with Crippen LogP contribution in [0.2, 0.25) is 0 Å². The minimum atomic E-state index is -0.587. The molecule has 6 atom stereocenters. The fraction of sp³-hybridized carbons (Fsp3) is 0.567. The van der Waals surface area contributed by atoms with Gasteiger partial charge in [-0.25, -0.2) is 4.39 Å². The number of esters is 1. The van der Waals surface area contributed by atoms with Gasteiger partial charge in [0.2, 0.25) is 0 Å². The average molecular weight is 564 g/mol. The molecule has 36 heavy (non-hydrogen) atoms. The van der Waals surface area contributed by atoms with Crippen molar-refractivity contribution in [1.29, 1.82) is 0 Å². The summed E-state index contributed by atoms with van der Waals surface area (Å²) >= 11 is 3.69. The van der Waals surface area contributed by atoms with Gasteiger partial charge < -0.3 is 14.6 Å². The molecule has 0 aromatic heterocycles. The van der Waals surface area contributed by atoms with E-state index in [4.69, 9.17) is 9.47 Å². The lowest BCUT2D eigenvalue weighted by Crippen LogP contribution is -2.39. The maximum atomic E-state index is 13.7. The smallest absolute Gasteiger partial charge is 0.305 e. The van der Waals surface area contributed by atoms with Gasteiger partial charge in [0.1, 0.15) is 5.82 Å². The summed E-state index contributed by atoms with van der Waals surface area (Å²) in [5.41, 5.74) is 2.16. The van der Waals surface area contributed by atoms with E-state index in [2.05, 4.69) is 61.0 Å². The van der Waals surface area contributed by atoms with Crippen LogP contribution in [-0.4, -0.2) is 37.0 Å². The molecule has 2 bridgehead atoms. The Labute approximate surface area is 223 Å². The normalized spacial score (nSPS) is 27.3. The van der Waals surface area contributed by atoms with Crippen LogP contribution in [0.15, 0.2) is 58.6 Å². The molecule has 1 aliphatic carbocycles. The SMILES string of the molecule is COC(=O)CCC/C=C\C[C@H]1[C@H](/C=C(/Br)[C@@H](O)C(C)CC=C(C)C)[C@@H]2C[C@@]1(c1ccc(F)cc1)CO2. The van der Waals surface area contributed by atoms with E-state index >= 15 is 0 Å². The number of aliphatic hydroxyl groups is 1. The summed E-state index contributed by atoms with van der Waals surface area (Å²) in [4.78, 5) is 11.4. The summed E-state index contributed by atoms with van der Waals surface area (Å²) in [7, 11) is 1.41. The maximum absolute atomic E-state index is 13.7. The van der Waals surface area contributed by atoms with E-state index in [1.807, 2.05) is 12.1 Å². The summed E-state index contributed by atoms with van der Waals surface area (Å²) in [5, 5.41) is 11.0. The Morgan fingerprint density at radius 3 is 2.69 bits per heavy atom. The van der Waals surface area contributed by atoms with Gasteiger partial charge in [0.25, 0.3) is 0 Å². The summed E-state index contributed by atoms with van der Waals surface area (Å²) in [6.45, 7) is 6.81. The first kappa shape index (κ1) is 28.8. The van der Waals surface area contributed by atoms with Crippen LogP contribution in [0, 0.1) is 23.6 Å². The molecular formula is C30H40BrFO4. The maximum Gasteiger partial charge on any atom is 0.305 e. The third-order valence-corrected chi connectivity index (χ3v) is 8.48. The minimum Gasteiger partial charge on any atom is -0.469 e. The Morgan fingerprint density at radius 2 is 2.03 bits per heavy atom. The van der Waals surface area contributed by atoms with Crippen molar-refractivity contribution in [3.05, 3.63) is 70.0 Å². The zero-order valence-electron chi connectivity index (χ0n) is 21.9. The van der Waals surface area contributed by atoms with Gasteiger partial charge in [-0.15, -0.1) is 0 Å². The highest BCUT2D eigenvalue weighted by atomic mass is 79.9. The second-order valence-electron chi connectivity index (χ2n) is 10.6. The van der Waals surface area contributed by atoms with E-state index in [1.54, 1.807) is 0 Å². The molecule has 0 spiro atoms. The first-order chi connectivity index (χ1) is 17.2. The molecule has 0 radical (unpaired) electrons. The number of halogens is 2. The van der Waals surface area contributed by atoms with Crippen LogP contribution in [0.5, 0.6) is 0 Å². The Balaban J connectivity index is 1.80. The number of benzene rings is 1. The lowest BCUT2D eigenvalue weighted by molar-refractivity contribution is -0.140. The van der Waals surface area contributed by atoms with Crippen LogP contribution in [0.25, 0.3) is 0 Å². The second kappa shape index (κ2) is 13.2. The predicted octanol–water partition coefficient (Wildman–Crippen LogP) is 7.02. The van der Waals surface area contributed by atoms with Crippen LogP contribution in [0.1, 0.15) is 64.9 Å². The summed E-state index contributed by atoms with van der Waals surface area (Å²) in [5.74, 6) is 0.0496. The molecule has 1 aliphatic heterocycles. The van der Waals surface area contributed by atoms with Gasteiger partial charge in [0.15, 0.2) is 0 Å². The zero-order valence-corrected chi connectivity index (χ0v) is 23.5. The molecule has 0 amide bonds. The number of ether oxygens (including phenoxy) is 2. The van der Waals surface area contributed by atoms with Crippen molar-refractivity contribution in [3.8, 4) is 0 Å². The summed E-state index contributed by atoms with van der Waals surface area (Å²) in [6, 6.07) is 6.85. The van der Waals surface area contributed by atoms with Crippen LogP contribution >= 0.6 is 15.9 Å². The number of aliphatic hydroxyl groups excluding tert-OH is 1. The first-order valence-corrected chi connectivity index (χ1v) is 13.8. The molecule has 1 saturated carbocycles. The predicted molar refractivity (Wildman–Crippen MR) is 145 cm³/mol. The van der Waals surface area contributed by atoms with Gasteiger partial charge >= 0.3 is 5.97 Å². The molecule has 1 aromatic rings. The van der Waals surface area contributed by atoms with Gasteiger partial charge in [-0.2, -0.15) is 0 Å². The van der Waals surface area contributed by atoms with Crippen LogP contribution < -0.4 is 0 Å². The van der Waals surface area contributed by atoms with Gasteiger partial charge in [0, 0.05) is 22.2 Å². The van der Waals surface area contributed by atoms with Crippen molar-refractivity contribution in [2.24, 2.45) is 17.8 Å². The molecular weight excluding hydrogens is 523 g/mol. The molecule has 198 valence electrons. The topological polar surface area (TPSA) is 55.8 Å². The molecule has 4 nitrogen and oxygen atoms in total. The van der Waals surface area contributed by atoms with Crippen molar-refractivity contribution in [1.82, 2.24) is 0 Å². The Kier molecular flexibility index (Phi) is 10.5. The largest absolute Gasteiger partial charge is 0.469 e. The Bertz CT molecular complexity index is 966. The average Bonchev–Trinajstić information content (AvgIpc) is 3.42. The summed E-state index contributed by atoms with van der Waals surface area (Å²) in [6.07, 6.45) is 12.7. The molecule has 1 unspecified atom stereocenters. The standard InChI is InChI=1S/C30H40BrFO4/c1-20(2)11-12-21(3)29(34)26(31)17-24-25(9-7-5-6-8-10-28(33)35-4)30(18-27(24)36-19-30)22-13-15-23(32)16-14-22/h5,7,11,13-17,21,24-25,27,29,34H,6,8-10,12,18-19H2,1-4H3/b7-5-,26-17+/t21?,24-,25-,27-,29-,30-/m0/s1. The van der Waals surface area contributed by atoms with Crippen molar-refractivity contribution in [2.75, 3.05) is 13.7 Å². The van der Waals surface area contributed by atoms with Crippen molar-refractivity contribution >= 4 is 21.9 Å². The fourth-order valence-corrected chi connectivity index (χ4v) is 6.36. The lowest BCUT2D eigenvalue weighted by atomic mass is 9.69. The fourth-order valence-electron chi connectivity index (χ4n) is 5.60. The quantitative estimate of drug-likeness (QED) is 0.169. The monoisotopic (exact) mass is 562 g/mol. The Morgan fingerprint density at radius 1 is 1.31 bits per heavy atom. The third kappa shape index (κ3) is 6.96. The highest BCUT2D eigenvalue weighted by Gasteiger charge is 2.58. The molecule has 1 N–H and O–H groups in total. The van der Waals surface area contributed by atoms with Crippen LogP contribution in [-0.2, 0) is 19.7 Å². The number of carbonyl (C=O) groups is 1. The highest BCUT2D eigenvalue weighted by Crippen LogP contribution is 2.57. The third-order valence-electron chi connectivity index (χ3n) is 7.75. The van der Waals surface area contributed by atoms with E-state index in [1.165, 1.54) is 24.8 Å². The number of hydrogen-bond acceptors (Lipinski definition) is 4. The number of rotatable bonds is 12. The van der Waals surface area contributed by atoms with E-state index in [0.29, 0.717) is 13.0 Å². The van der Waals surface area contributed by atoms with Crippen molar-refractivity contribution in [3.63, 3.8) is 0 Å².